The molecule has 0 bridgehead atoms. The second-order valence-corrected chi connectivity index (χ2v) is 4.49. The quantitative estimate of drug-likeness (QED) is 0.466. The molecule has 102 valence electrons. The van der Waals surface area contributed by atoms with Gasteiger partial charge < -0.3 is 4.74 Å². The van der Waals surface area contributed by atoms with Gasteiger partial charge in [-0.15, -0.1) is 0 Å². The zero-order chi connectivity index (χ0) is 14.3. The summed E-state index contributed by atoms with van der Waals surface area (Å²) >= 11 is 5.70. The van der Waals surface area contributed by atoms with E-state index >= 15 is 0 Å². The summed E-state index contributed by atoms with van der Waals surface area (Å²) in [5.41, 5.74) is 1.09. The lowest BCUT2D eigenvalue weighted by molar-refractivity contribution is 0.488. The van der Waals surface area contributed by atoms with Gasteiger partial charge in [-0.3, -0.25) is 4.57 Å². The summed E-state index contributed by atoms with van der Waals surface area (Å²) in [6.45, 7) is 9.91. The number of aromatic nitrogens is 2. The molecule has 1 heterocycles. The zero-order valence-corrected chi connectivity index (χ0v) is 12.2. The second kappa shape index (κ2) is 7.59. The molecule has 0 N–H and O–H groups in total. The van der Waals surface area contributed by atoms with Crippen molar-refractivity contribution >= 4 is 17.5 Å². The average molecular weight is 280 g/mol. The lowest BCUT2D eigenvalue weighted by atomic mass is 10.2. The Labute approximate surface area is 118 Å². The molecule has 0 aliphatic rings. The van der Waals surface area contributed by atoms with Gasteiger partial charge in [0.25, 0.3) is 0 Å². The van der Waals surface area contributed by atoms with Crippen molar-refractivity contribution in [3.8, 4) is 5.88 Å². The van der Waals surface area contributed by atoms with Gasteiger partial charge in [0.2, 0.25) is 5.88 Å². The van der Waals surface area contributed by atoms with Gasteiger partial charge in [0.15, 0.2) is 5.90 Å². The number of ether oxygens (including phenoxy) is 1. The number of rotatable bonds is 5. The van der Waals surface area contributed by atoms with Crippen LogP contribution in [0.5, 0.6) is 5.88 Å². The van der Waals surface area contributed by atoms with E-state index in [9.17, 15) is 0 Å². The van der Waals surface area contributed by atoms with Gasteiger partial charge in [-0.05, 0) is 19.4 Å². The number of halogens is 1. The number of aliphatic imine (C=N–C) groups is 1. The summed E-state index contributed by atoms with van der Waals surface area (Å²) < 4.78 is 7.49. The van der Waals surface area contributed by atoms with Crippen molar-refractivity contribution in [1.29, 1.82) is 0 Å². The zero-order valence-electron chi connectivity index (χ0n) is 11.4. The van der Waals surface area contributed by atoms with Gasteiger partial charge in [0, 0.05) is 18.2 Å². The number of hydrogen-bond acceptors (Lipinski definition) is 3. The fraction of sp³-hybridized carbons (Fsp3) is 0.286. The van der Waals surface area contributed by atoms with Crippen LogP contribution in [0.3, 0.4) is 0 Å². The monoisotopic (exact) mass is 279 g/mol. The topological polar surface area (TPSA) is 39.4 Å². The summed E-state index contributed by atoms with van der Waals surface area (Å²) in [4.78, 5) is 8.16. The highest BCUT2D eigenvalue weighted by atomic mass is 35.5. The molecule has 0 aliphatic heterocycles. The largest absolute Gasteiger partial charge is 0.425 e. The van der Waals surface area contributed by atoms with Crippen molar-refractivity contribution < 1.29 is 4.74 Å². The number of nitrogens with zero attached hydrogens (tertiary/aromatic N) is 3. The summed E-state index contributed by atoms with van der Waals surface area (Å²) in [6.07, 6.45) is 8.70. The molecule has 5 heteroatoms. The molecule has 0 saturated heterocycles. The molecule has 0 aromatic carbocycles. The first-order chi connectivity index (χ1) is 9.06. The minimum Gasteiger partial charge on any atom is -0.425 e. The summed E-state index contributed by atoms with van der Waals surface area (Å²) in [6, 6.07) is 0. The molecular formula is C14H18ClN3O. The molecule has 19 heavy (non-hydrogen) atoms. The van der Waals surface area contributed by atoms with E-state index in [1.165, 1.54) is 0 Å². The predicted octanol–water partition coefficient (Wildman–Crippen LogP) is 3.91. The molecule has 1 rings (SSSR count). The molecule has 4 nitrogen and oxygen atoms in total. The highest BCUT2D eigenvalue weighted by Gasteiger charge is 2.05. The molecule has 0 spiro atoms. The number of imidazole rings is 1. The minimum atomic E-state index is 0.502. The lowest BCUT2D eigenvalue weighted by Crippen LogP contribution is -2.08. The van der Waals surface area contributed by atoms with E-state index in [1.54, 1.807) is 32.6 Å². The third-order valence-corrected chi connectivity index (χ3v) is 2.43. The fourth-order valence-electron chi connectivity index (χ4n) is 1.34. The molecule has 0 fully saturated rings. The Balaban J connectivity index is 2.81. The van der Waals surface area contributed by atoms with Crippen LogP contribution in [0.4, 0.5) is 0 Å². The van der Waals surface area contributed by atoms with Crippen molar-refractivity contribution in [2.75, 3.05) is 0 Å². The van der Waals surface area contributed by atoms with Crippen LogP contribution < -0.4 is 4.74 Å². The van der Waals surface area contributed by atoms with Crippen LogP contribution in [0, 0.1) is 0 Å². The van der Waals surface area contributed by atoms with Crippen LogP contribution in [-0.4, -0.2) is 15.4 Å². The van der Waals surface area contributed by atoms with Gasteiger partial charge in [-0.2, -0.15) is 0 Å². The summed E-state index contributed by atoms with van der Waals surface area (Å²) in [5, 5.41) is 0.597. The van der Waals surface area contributed by atoms with Crippen LogP contribution in [-0.2, 0) is 6.54 Å². The predicted molar refractivity (Wildman–Crippen MR) is 79.5 cm³/mol. The van der Waals surface area contributed by atoms with Crippen LogP contribution >= 0.6 is 11.6 Å². The van der Waals surface area contributed by atoms with Crippen LogP contribution in [0.1, 0.15) is 20.8 Å². The highest BCUT2D eigenvalue weighted by Crippen LogP contribution is 2.13. The summed E-state index contributed by atoms with van der Waals surface area (Å²) in [5.74, 6) is 1.13. The van der Waals surface area contributed by atoms with Crippen molar-refractivity contribution in [1.82, 2.24) is 9.55 Å². The highest BCUT2D eigenvalue weighted by molar-refractivity contribution is 6.29. The Bertz CT molecular complexity index is 523. The molecule has 0 amide bonds. The average Bonchev–Trinajstić information content (AvgIpc) is 2.80. The Kier molecular flexibility index (Phi) is 6.09. The van der Waals surface area contributed by atoms with E-state index in [1.807, 2.05) is 23.6 Å². The summed E-state index contributed by atoms with van der Waals surface area (Å²) in [7, 11) is 0. The molecule has 0 aliphatic carbocycles. The molecule has 0 radical (unpaired) electrons. The maximum Gasteiger partial charge on any atom is 0.221 e. The van der Waals surface area contributed by atoms with Gasteiger partial charge in [-0.1, -0.05) is 30.3 Å². The Morgan fingerprint density at radius 1 is 1.58 bits per heavy atom. The fourth-order valence-corrected chi connectivity index (χ4v) is 1.39. The van der Waals surface area contributed by atoms with Gasteiger partial charge in [0.05, 0.1) is 19.1 Å². The van der Waals surface area contributed by atoms with E-state index < -0.39 is 0 Å². The second-order valence-electron chi connectivity index (χ2n) is 3.89. The van der Waals surface area contributed by atoms with Crippen molar-refractivity contribution in [3.63, 3.8) is 0 Å². The van der Waals surface area contributed by atoms with Crippen LogP contribution in [0.15, 0.2) is 53.1 Å². The van der Waals surface area contributed by atoms with Crippen molar-refractivity contribution in [3.05, 3.63) is 48.1 Å². The van der Waals surface area contributed by atoms with Gasteiger partial charge >= 0.3 is 0 Å². The Morgan fingerprint density at radius 3 is 2.89 bits per heavy atom. The van der Waals surface area contributed by atoms with Crippen LogP contribution in [0.2, 0.25) is 0 Å². The smallest absolute Gasteiger partial charge is 0.221 e. The first-order valence-corrected chi connectivity index (χ1v) is 6.27. The first-order valence-electron chi connectivity index (χ1n) is 5.89. The Hall–Kier alpha value is -1.81. The van der Waals surface area contributed by atoms with E-state index in [-0.39, 0.29) is 0 Å². The number of allylic oxidation sites excluding steroid dienone is 4. The molecule has 1 aromatic rings. The molecule has 0 atom stereocenters. The molecular weight excluding hydrogens is 262 g/mol. The third-order valence-electron chi connectivity index (χ3n) is 2.34. The lowest BCUT2D eigenvalue weighted by Gasteiger charge is -2.09. The van der Waals surface area contributed by atoms with E-state index in [0.717, 1.165) is 5.57 Å². The first kappa shape index (κ1) is 15.2. The molecule has 0 saturated carbocycles. The van der Waals surface area contributed by atoms with E-state index in [2.05, 4.69) is 16.6 Å². The SMILES string of the molecule is C=C/C(=C\C)Cn1cncc1OC(C)=N/C=C(\C)Cl. The minimum absolute atomic E-state index is 0.502. The van der Waals surface area contributed by atoms with Gasteiger partial charge in [-0.25, -0.2) is 9.98 Å². The molecule has 0 unspecified atom stereocenters. The standard InChI is InChI=1S/C14H18ClN3O/c1-5-13(6-2)9-18-10-16-8-14(18)19-12(4)17-7-11(3)15/h5-8,10H,1,9H2,2-4H3/b11-7+,13-6+,17-12?. The van der Waals surface area contributed by atoms with Gasteiger partial charge in [0.1, 0.15) is 0 Å². The normalized spacial score (nSPS) is 13.6. The number of hydrogen-bond donors (Lipinski definition) is 0. The van der Waals surface area contributed by atoms with Crippen LogP contribution in [0.25, 0.3) is 0 Å². The van der Waals surface area contributed by atoms with Crippen molar-refractivity contribution in [2.24, 2.45) is 4.99 Å². The molecule has 1 aromatic heterocycles. The van der Waals surface area contributed by atoms with E-state index in [4.69, 9.17) is 16.3 Å². The third kappa shape index (κ3) is 5.14. The maximum absolute atomic E-state index is 5.70. The van der Waals surface area contributed by atoms with Crippen molar-refractivity contribution in [2.45, 2.75) is 27.3 Å². The maximum atomic E-state index is 5.70. The van der Waals surface area contributed by atoms with E-state index in [0.29, 0.717) is 23.4 Å². The Morgan fingerprint density at radius 2 is 2.32 bits per heavy atom.